The molecule has 6 nitrogen and oxygen atoms in total. The normalized spacial score (nSPS) is 16.6. The first-order chi connectivity index (χ1) is 11.0. The predicted octanol–water partition coefficient (Wildman–Crippen LogP) is 2.46. The van der Waals surface area contributed by atoms with Crippen molar-refractivity contribution in [2.24, 2.45) is 11.8 Å². The second-order valence-electron chi connectivity index (χ2n) is 5.89. The van der Waals surface area contributed by atoms with Crippen molar-refractivity contribution in [2.75, 3.05) is 25.1 Å². The van der Waals surface area contributed by atoms with E-state index in [0.717, 1.165) is 37.3 Å². The number of amides is 1. The fraction of sp³-hybridized carbons (Fsp3) is 0.529. The number of carboxylic acid groups (broad SMARTS) is 1. The Hall–Kier alpha value is -2.08. The van der Waals surface area contributed by atoms with Gasteiger partial charge in [-0.25, -0.2) is 4.79 Å². The van der Waals surface area contributed by atoms with Crippen LogP contribution in [-0.4, -0.2) is 36.8 Å². The Morgan fingerprint density at radius 2 is 2.09 bits per heavy atom. The Bertz CT molecular complexity index is 566. The van der Waals surface area contributed by atoms with Gasteiger partial charge < -0.3 is 19.9 Å². The minimum atomic E-state index is -1.02. The first kappa shape index (κ1) is 17.3. The predicted molar refractivity (Wildman–Crippen MR) is 85.6 cm³/mol. The van der Waals surface area contributed by atoms with Crippen molar-refractivity contribution in [2.45, 2.75) is 26.7 Å². The summed E-state index contributed by atoms with van der Waals surface area (Å²) in [4.78, 5) is 22.9. The third-order valence-electron chi connectivity index (χ3n) is 4.20. The van der Waals surface area contributed by atoms with E-state index in [0.29, 0.717) is 11.7 Å². The molecule has 0 saturated carbocycles. The minimum absolute atomic E-state index is 0.000737. The number of benzene rings is 1. The lowest BCUT2D eigenvalue weighted by Crippen LogP contribution is -2.31. The van der Waals surface area contributed by atoms with E-state index in [4.69, 9.17) is 14.6 Å². The van der Waals surface area contributed by atoms with Gasteiger partial charge >= 0.3 is 5.97 Å². The second kappa shape index (κ2) is 7.97. The summed E-state index contributed by atoms with van der Waals surface area (Å²) in [6, 6.07) is 5.11. The van der Waals surface area contributed by atoms with Crippen LogP contribution in [0.4, 0.5) is 5.69 Å². The molecule has 1 aliphatic rings. The molecule has 1 fully saturated rings. The molecule has 1 heterocycles. The number of ether oxygens (including phenoxy) is 2. The number of carbonyl (C=O) groups excluding carboxylic acids is 1. The molecule has 1 aromatic rings. The smallest absolute Gasteiger partial charge is 0.341 e. The highest BCUT2D eigenvalue weighted by Gasteiger charge is 2.26. The fourth-order valence-electron chi connectivity index (χ4n) is 2.69. The minimum Gasteiger partial charge on any atom is -0.482 e. The van der Waals surface area contributed by atoms with Gasteiger partial charge in [0.15, 0.2) is 6.61 Å². The Labute approximate surface area is 135 Å². The van der Waals surface area contributed by atoms with Crippen LogP contribution in [0.2, 0.25) is 0 Å². The average molecular weight is 321 g/mol. The molecule has 0 spiro atoms. The Morgan fingerprint density at radius 1 is 1.39 bits per heavy atom. The van der Waals surface area contributed by atoms with Crippen molar-refractivity contribution in [1.29, 1.82) is 0 Å². The number of hydrogen-bond donors (Lipinski definition) is 2. The van der Waals surface area contributed by atoms with Gasteiger partial charge in [-0.05, 0) is 49.4 Å². The molecule has 23 heavy (non-hydrogen) atoms. The number of nitrogens with one attached hydrogen (secondary N) is 1. The highest BCUT2D eigenvalue weighted by Crippen LogP contribution is 2.26. The second-order valence-corrected chi connectivity index (χ2v) is 5.89. The van der Waals surface area contributed by atoms with Gasteiger partial charge in [0, 0.05) is 24.8 Å². The lowest BCUT2D eigenvalue weighted by molar-refractivity contribution is -0.139. The summed E-state index contributed by atoms with van der Waals surface area (Å²) < 4.78 is 10.5. The summed E-state index contributed by atoms with van der Waals surface area (Å²) in [6.07, 6.45) is 1.82. The van der Waals surface area contributed by atoms with E-state index in [1.54, 1.807) is 18.2 Å². The average Bonchev–Trinajstić information content (AvgIpc) is 2.55. The van der Waals surface area contributed by atoms with Gasteiger partial charge in [-0.15, -0.1) is 0 Å². The summed E-state index contributed by atoms with van der Waals surface area (Å²) in [6.45, 7) is 4.85. The Morgan fingerprint density at radius 3 is 2.70 bits per heavy atom. The molecule has 1 aliphatic heterocycles. The Balaban J connectivity index is 1.96. The van der Waals surface area contributed by atoms with Crippen molar-refractivity contribution in [3.05, 3.63) is 23.8 Å². The monoisotopic (exact) mass is 321 g/mol. The third kappa shape index (κ3) is 4.96. The van der Waals surface area contributed by atoms with Gasteiger partial charge in [0.25, 0.3) is 0 Å². The van der Waals surface area contributed by atoms with E-state index < -0.39 is 5.97 Å². The van der Waals surface area contributed by atoms with Crippen LogP contribution in [0.25, 0.3) is 0 Å². The van der Waals surface area contributed by atoms with Crippen LogP contribution in [0, 0.1) is 18.8 Å². The molecule has 0 bridgehead atoms. The van der Waals surface area contributed by atoms with Crippen molar-refractivity contribution >= 4 is 17.6 Å². The summed E-state index contributed by atoms with van der Waals surface area (Å²) in [5.74, 6) is -0.270. The van der Waals surface area contributed by atoms with Gasteiger partial charge in [0.1, 0.15) is 5.75 Å². The van der Waals surface area contributed by atoms with Crippen molar-refractivity contribution in [1.82, 2.24) is 0 Å². The van der Waals surface area contributed by atoms with Gasteiger partial charge in [-0.2, -0.15) is 0 Å². The van der Waals surface area contributed by atoms with E-state index in [1.165, 1.54) is 0 Å². The van der Waals surface area contributed by atoms with E-state index in [2.05, 4.69) is 5.32 Å². The number of rotatable bonds is 6. The SMILES string of the molecule is Cc1cc(OCC(=O)O)ccc1NC(=O)C(C)C1CCOCC1. The van der Waals surface area contributed by atoms with Gasteiger partial charge in [0.05, 0.1) is 0 Å². The largest absolute Gasteiger partial charge is 0.482 e. The number of aryl methyl sites for hydroxylation is 1. The highest BCUT2D eigenvalue weighted by atomic mass is 16.5. The molecule has 0 aromatic heterocycles. The zero-order chi connectivity index (χ0) is 16.8. The summed E-state index contributed by atoms with van der Waals surface area (Å²) >= 11 is 0. The molecular formula is C17H23NO5. The molecule has 0 aliphatic carbocycles. The van der Waals surface area contributed by atoms with E-state index in [1.807, 2.05) is 13.8 Å². The number of carbonyl (C=O) groups is 2. The van der Waals surface area contributed by atoms with Crippen LogP contribution in [0.5, 0.6) is 5.75 Å². The molecule has 2 N–H and O–H groups in total. The summed E-state index contributed by atoms with van der Waals surface area (Å²) in [5, 5.41) is 11.6. The highest BCUT2D eigenvalue weighted by molar-refractivity contribution is 5.93. The van der Waals surface area contributed by atoms with Crippen LogP contribution in [0.3, 0.4) is 0 Å². The zero-order valence-electron chi connectivity index (χ0n) is 13.5. The van der Waals surface area contributed by atoms with Crippen molar-refractivity contribution in [3.63, 3.8) is 0 Å². The molecule has 126 valence electrons. The van der Waals surface area contributed by atoms with Crippen LogP contribution < -0.4 is 10.1 Å². The molecule has 1 atom stereocenters. The standard InChI is InChI=1S/C17H23NO5/c1-11-9-14(23-10-16(19)20)3-4-15(11)18-17(21)12(2)13-5-7-22-8-6-13/h3-4,9,12-13H,5-8,10H2,1-2H3,(H,18,21)(H,19,20). The third-order valence-corrected chi connectivity index (χ3v) is 4.20. The molecule has 1 aromatic carbocycles. The summed E-state index contributed by atoms with van der Waals surface area (Å²) in [5.41, 5.74) is 1.55. The quantitative estimate of drug-likeness (QED) is 0.841. The lowest BCUT2D eigenvalue weighted by atomic mass is 9.86. The molecular weight excluding hydrogens is 298 g/mol. The van der Waals surface area contributed by atoms with Gasteiger partial charge in [0.2, 0.25) is 5.91 Å². The molecule has 1 saturated heterocycles. The van der Waals surface area contributed by atoms with Crippen LogP contribution in [-0.2, 0) is 14.3 Å². The maximum atomic E-state index is 12.4. The fourth-order valence-corrected chi connectivity index (χ4v) is 2.69. The van der Waals surface area contributed by atoms with Crippen LogP contribution >= 0.6 is 0 Å². The van der Waals surface area contributed by atoms with Crippen molar-refractivity contribution < 1.29 is 24.2 Å². The van der Waals surface area contributed by atoms with Crippen LogP contribution in [0.1, 0.15) is 25.3 Å². The molecule has 2 rings (SSSR count). The van der Waals surface area contributed by atoms with Crippen LogP contribution in [0.15, 0.2) is 18.2 Å². The van der Waals surface area contributed by atoms with E-state index >= 15 is 0 Å². The van der Waals surface area contributed by atoms with Crippen molar-refractivity contribution in [3.8, 4) is 5.75 Å². The first-order valence-electron chi connectivity index (χ1n) is 7.81. The Kier molecular flexibility index (Phi) is 5.98. The number of aliphatic carboxylic acids is 1. The van der Waals surface area contributed by atoms with E-state index in [-0.39, 0.29) is 18.4 Å². The van der Waals surface area contributed by atoms with Gasteiger partial charge in [-0.1, -0.05) is 6.92 Å². The molecule has 0 radical (unpaired) electrons. The van der Waals surface area contributed by atoms with Gasteiger partial charge in [-0.3, -0.25) is 4.79 Å². The number of hydrogen-bond acceptors (Lipinski definition) is 4. The summed E-state index contributed by atoms with van der Waals surface area (Å²) in [7, 11) is 0. The maximum Gasteiger partial charge on any atom is 0.341 e. The first-order valence-corrected chi connectivity index (χ1v) is 7.81. The maximum absolute atomic E-state index is 12.4. The number of anilines is 1. The topological polar surface area (TPSA) is 84.9 Å². The lowest BCUT2D eigenvalue weighted by Gasteiger charge is -2.27. The van der Waals surface area contributed by atoms with E-state index in [9.17, 15) is 9.59 Å². The molecule has 1 amide bonds. The molecule has 1 unspecified atom stereocenters. The number of carboxylic acids is 1. The zero-order valence-corrected chi connectivity index (χ0v) is 13.5. The molecule has 6 heteroatoms.